The number of nitrogens with zero attached hydrogens (tertiary/aromatic N) is 3. The summed E-state index contributed by atoms with van der Waals surface area (Å²) in [6.07, 6.45) is -2.74. The first-order chi connectivity index (χ1) is 11.6. The predicted octanol–water partition coefficient (Wildman–Crippen LogP) is 2.10. The topological polar surface area (TPSA) is 64.4 Å². The second kappa shape index (κ2) is 6.24. The molecule has 2 saturated heterocycles. The maximum atomic E-state index is 13.5. The van der Waals surface area contributed by atoms with Gasteiger partial charge in [-0.3, -0.25) is 0 Å². The van der Waals surface area contributed by atoms with Crippen LogP contribution in [-0.4, -0.2) is 54.8 Å². The lowest BCUT2D eigenvalue weighted by atomic mass is 9.66. The summed E-state index contributed by atoms with van der Waals surface area (Å²) >= 11 is 0. The standard InChI is InChI=1S/C15H22F3N3O3S/c1-11-19-13(9-20(11)2)25(22,23)21-6-3-12(15(16,17)18)14(10-21)4-7-24-8-5-14/h9,12H,3-8,10H2,1-2H3/t12-/m0/s1. The fraction of sp³-hybridized carbons (Fsp3) is 0.800. The maximum absolute atomic E-state index is 13.5. The van der Waals surface area contributed by atoms with Gasteiger partial charge in [0.25, 0.3) is 10.0 Å². The van der Waals surface area contributed by atoms with Crippen LogP contribution in [0.4, 0.5) is 13.2 Å². The van der Waals surface area contributed by atoms with Crippen molar-refractivity contribution < 1.29 is 26.3 Å². The average molecular weight is 381 g/mol. The van der Waals surface area contributed by atoms with Gasteiger partial charge >= 0.3 is 6.18 Å². The van der Waals surface area contributed by atoms with Crippen molar-refractivity contribution >= 4 is 10.0 Å². The van der Waals surface area contributed by atoms with E-state index < -0.39 is 27.5 Å². The minimum atomic E-state index is -4.34. The summed E-state index contributed by atoms with van der Waals surface area (Å²) in [6.45, 7) is 1.84. The number of halogens is 3. The van der Waals surface area contributed by atoms with Crippen LogP contribution in [-0.2, 0) is 21.8 Å². The van der Waals surface area contributed by atoms with Crippen LogP contribution in [0.1, 0.15) is 25.1 Å². The highest BCUT2D eigenvalue weighted by molar-refractivity contribution is 7.89. The Kier molecular flexibility index (Phi) is 4.66. The summed E-state index contributed by atoms with van der Waals surface area (Å²) in [5, 5.41) is -0.111. The van der Waals surface area contributed by atoms with Gasteiger partial charge in [-0.25, -0.2) is 13.4 Å². The van der Waals surface area contributed by atoms with E-state index in [1.165, 1.54) is 10.5 Å². The third-order valence-electron chi connectivity index (χ3n) is 5.47. The van der Waals surface area contributed by atoms with Crippen LogP contribution in [0.2, 0.25) is 0 Å². The van der Waals surface area contributed by atoms with E-state index in [-0.39, 0.29) is 50.6 Å². The van der Waals surface area contributed by atoms with Gasteiger partial charge in [0.2, 0.25) is 0 Å². The van der Waals surface area contributed by atoms with Crippen molar-refractivity contribution in [2.45, 2.75) is 37.4 Å². The van der Waals surface area contributed by atoms with Crippen LogP contribution in [0.3, 0.4) is 0 Å². The molecule has 1 aromatic heterocycles. The second-order valence-corrected chi connectivity index (χ2v) is 8.82. The highest BCUT2D eigenvalue weighted by atomic mass is 32.2. The number of alkyl halides is 3. The van der Waals surface area contributed by atoms with Gasteiger partial charge in [0.15, 0.2) is 5.03 Å². The minimum absolute atomic E-state index is 0.111. The van der Waals surface area contributed by atoms with Crippen molar-refractivity contribution in [2.75, 3.05) is 26.3 Å². The molecule has 0 aliphatic carbocycles. The molecule has 0 unspecified atom stereocenters. The first kappa shape index (κ1) is 18.7. The van der Waals surface area contributed by atoms with Crippen molar-refractivity contribution in [3.05, 3.63) is 12.0 Å². The molecule has 0 saturated carbocycles. The highest BCUT2D eigenvalue weighted by Crippen LogP contribution is 2.51. The van der Waals surface area contributed by atoms with Crippen LogP contribution in [0.15, 0.2) is 11.2 Å². The molecule has 25 heavy (non-hydrogen) atoms. The van der Waals surface area contributed by atoms with Crippen LogP contribution in [0, 0.1) is 18.3 Å². The first-order valence-electron chi connectivity index (χ1n) is 8.21. The van der Waals surface area contributed by atoms with Crippen molar-refractivity contribution in [1.29, 1.82) is 0 Å². The Morgan fingerprint density at radius 2 is 1.96 bits per heavy atom. The van der Waals surface area contributed by atoms with E-state index in [1.54, 1.807) is 18.5 Å². The summed E-state index contributed by atoms with van der Waals surface area (Å²) in [5.74, 6) is -0.967. The second-order valence-electron chi connectivity index (χ2n) is 6.93. The van der Waals surface area contributed by atoms with Crippen LogP contribution in [0.5, 0.6) is 0 Å². The molecule has 1 atom stereocenters. The summed E-state index contributed by atoms with van der Waals surface area (Å²) < 4.78 is 74.4. The Bertz CT molecular complexity index is 719. The third-order valence-corrected chi connectivity index (χ3v) is 7.19. The average Bonchev–Trinajstić information content (AvgIpc) is 2.87. The number of aryl methyl sites for hydroxylation is 2. The number of piperidine rings is 1. The van der Waals surface area contributed by atoms with Gasteiger partial charge in [-0.1, -0.05) is 0 Å². The summed E-state index contributed by atoms with van der Waals surface area (Å²) in [5.41, 5.74) is -1.12. The van der Waals surface area contributed by atoms with Crippen LogP contribution in [0.25, 0.3) is 0 Å². The molecule has 0 bridgehead atoms. The Balaban J connectivity index is 1.92. The summed E-state index contributed by atoms with van der Waals surface area (Å²) in [4.78, 5) is 4.04. The Morgan fingerprint density at radius 1 is 1.32 bits per heavy atom. The van der Waals surface area contributed by atoms with Gasteiger partial charge in [0.05, 0.1) is 5.92 Å². The smallest absolute Gasteiger partial charge is 0.381 e. The van der Waals surface area contributed by atoms with E-state index in [1.807, 2.05) is 0 Å². The normalized spacial score (nSPS) is 25.4. The molecule has 1 spiro atoms. The molecule has 2 aliphatic rings. The van der Waals surface area contributed by atoms with E-state index in [0.717, 1.165) is 0 Å². The molecule has 10 heteroatoms. The molecular formula is C15H22F3N3O3S. The SMILES string of the molecule is Cc1nc(S(=O)(=O)N2CC[C@H](C(F)(F)F)C3(CCOCC3)C2)cn1C. The zero-order chi connectivity index (χ0) is 18.5. The molecule has 0 aromatic carbocycles. The van der Waals surface area contributed by atoms with Gasteiger partial charge in [-0.05, 0) is 26.2 Å². The molecule has 0 amide bonds. The van der Waals surface area contributed by atoms with Crippen molar-refractivity contribution in [2.24, 2.45) is 18.4 Å². The number of hydrogen-bond donors (Lipinski definition) is 0. The van der Waals surface area contributed by atoms with Crippen molar-refractivity contribution in [3.63, 3.8) is 0 Å². The molecule has 142 valence electrons. The summed E-state index contributed by atoms with van der Waals surface area (Å²) in [7, 11) is -2.24. The van der Waals surface area contributed by atoms with E-state index in [2.05, 4.69) is 4.98 Å². The predicted molar refractivity (Wildman–Crippen MR) is 83.4 cm³/mol. The largest absolute Gasteiger partial charge is 0.392 e. The molecule has 0 radical (unpaired) electrons. The quantitative estimate of drug-likeness (QED) is 0.787. The fourth-order valence-electron chi connectivity index (χ4n) is 3.90. The van der Waals surface area contributed by atoms with Crippen LogP contribution >= 0.6 is 0 Å². The van der Waals surface area contributed by atoms with Crippen molar-refractivity contribution in [1.82, 2.24) is 13.9 Å². The van der Waals surface area contributed by atoms with Crippen molar-refractivity contribution in [3.8, 4) is 0 Å². The third kappa shape index (κ3) is 3.31. The molecule has 0 N–H and O–H groups in total. The van der Waals surface area contributed by atoms with E-state index in [9.17, 15) is 21.6 Å². The Labute approximate surface area is 145 Å². The molecule has 3 rings (SSSR count). The number of sulfonamides is 1. The molecule has 3 heterocycles. The molecule has 1 aromatic rings. The molecule has 6 nitrogen and oxygen atoms in total. The Hall–Kier alpha value is -1.13. The summed E-state index contributed by atoms with van der Waals surface area (Å²) in [6, 6.07) is 0. The van der Waals surface area contributed by atoms with Gasteiger partial charge in [0, 0.05) is 45.0 Å². The number of ether oxygens (including phenoxy) is 1. The number of rotatable bonds is 2. The number of aromatic nitrogens is 2. The lowest BCUT2D eigenvalue weighted by Gasteiger charge is -2.49. The number of hydrogen-bond acceptors (Lipinski definition) is 4. The fourth-order valence-corrected chi connectivity index (χ4v) is 5.48. The zero-order valence-corrected chi connectivity index (χ0v) is 15.0. The van der Waals surface area contributed by atoms with Gasteiger partial charge in [0.1, 0.15) is 5.82 Å². The molecule has 2 fully saturated rings. The zero-order valence-electron chi connectivity index (χ0n) is 14.2. The Morgan fingerprint density at radius 3 is 2.48 bits per heavy atom. The molecule has 2 aliphatic heterocycles. The lowest BCUT2D eigenvalue weighted by Crippen LogP contribution is -2.56. The lowest BCUT2D eigenvalue weighted by molar-refractivity contribution is -0.231. The first-order valence-corrected chi connectivity index (χ1v) is 9.65. The monoisotopic (exact) mass is 381 g/mol. The van der Waals surface area contributed by atoms with E-state index in [4.69, 9.17) is 4.74 Å². The van der Waals surface area contributed by atoms with Gasteiger partial charge < -0.3 is 9.30 Å². The number of imidazole rings is 1. The minimum Gasteiger partial charge on any atom is -0.381 e. The highest BCUT2D eigenvalue weighted by Gasteiger charge is 2.57. The van der Waals surface area contributed by atoms with Crippen LogP contribution < -0.4 is 0 Å². The van der Waals surface area contributed by atoms with Gasteiger partial charge in [-0.2, -0.15) is 17.5 Å². The van der Waals surface area contributed by atoms with Gasteiger partial charge in [-0.15, -0.1) is 0 Å². The molecular weight excluding hydrogens is 359 g/mol. The van der Waals surface area contributed by atoms with E-state index in [0.29, 0.717) is 5.82 Å². The van der Waals surface area contributed by atoms with E-state index >= 15 is 0 Å². The maximum Gasteiger partial charge on any atom is 0.392 e.